The maximum atomic E-state index is 5.76. The molecule has 1 aromatic rings. The van der Waals surface area contributed by atoms with Crippen molar-refractivity contribution in [2.45, 2.75) is 39.0 Å². The Morgan fingerprint density at radius 2 is 2.04 bits per heavy atom. The number of guanidine groups is 1. The number of aliphatic imine (C=N–C) groups is 1. The van der Waals surface area contributed by atoms with E-state index in [2.05, 4.69) is 39.5 Å². The number of aromatic nitrogens is 2. The number of ether oxygens (including phenoxy) is 1. The maximum Gasteiger partial charge on any atom is 0.191 e. The monoisotopic (exact) mass is 450 g/mol. The third kappa shape index (κ3) is 6.94. The number of hydrogen-bond donors (Lipinski definition) is 2. The summed E-state index contributed by atoms with van der Waals surface area (Å²) in [5.74, 6) is 0.829. The molecule has 138 valence electrons. The predicted molar refractivity (Wildman–Crippen MR) is 108 cm³/mol. The highest BCUT2D eigenvalue weighted by Crippen LogP contribution is 2.10. The smallest absolute Gasteiger partial charge is 0.191 e. The lowest BCUT2D eigenvalue weighted by molar-refractivity contribution is -0.0679. The van der Waals surface area contributed by atoms with Gasteiger partial charge in [-0.2, -0.15) is 5.10 Å². The molecule has 8 heteroatoms. The van der Waals surface area contributed by atoms with Crippen molar-refractivity contribution in [1.29, 1.82) is 0 Å². The van der Waals surface area contributed by atoms with Gasteiger partial charge in [0, 0.05) is 46.5 Å². The third-order valence-corrected chi connectivity index (χ3v) is 4.02. The normalized spacial score (nSPS) is 22.1. The first-order valence-electron chi connectivity index (χ1n) is 8.37. The molecule has 2 atom stereocenters. The summed E-state index contributed by atoms with van der Waals surface area (Å²) < 4.78 is 7.62. The second kappa shape index (κ2) is 10.9. The second-order valence-electron chi connectivity index (χ2n) is 6.17. The fourth-order valence-corrected chi connectivity index (χ4v) is 2.95. The highest BCUT2D eigenvalue weighted by molar-refractivity contribution is 14.0. The van der Waals surface area contributed by atoms with E-state index in [1.807, 2.05) is 17.8 Å². The average molecular weight is 450 g/mol. The van der Waals surface area contributed by atoms with Crippen molar-refractivity contribution in [2.24, 2.45) is 12.0 Å². The zero-order chi connectivity index (χ0) is 16.7. The summed E-state index contributed by atoms with van der Waals surface area (Å²) in [5, 5.41) is 10.8. The first-order chi connectivity index (χ1) is 11.1. The molecule has 0 amide bonds. The predicted octanol–water partition coefficient (Wildman–Crippen LogP) is 1.20. The van der Waals surface area contributed by atoms with Crippen LogP contribution in [0.5, 0.6) is 0 Å². The largest absolute Gasteiger partial charge is 0.373 e. The molecule has 2 N–H and O–H groups in total. The van der Waals surface area contributed by atoms with Crippen LogP contribution in [-0.2, 0) is 18.3 Å². The molecule has 7 nitrogen and oxygen atoms in total. The third-order valence-electron chi connectivity index (χ3n) is 4.02. The van der Waals surface area contributed by atoms with Crippen LogP contribution in [0.25, 0.3) is 0 Å². The molecule has 2 rings (SSSR count). The van der Waals surface area contributed by atoms with Gasteiger partial charge >= 0.3 is 0 Å². The van der Waals surface area contributed by atoms with Crippen LogP contribution in [0.2, 0.25) is 0 Å². The molecular weight excluding hydrogens is 419 g/mol. The second-order valence-corrected chi connectivity index (χ2v) is 6.17. The van der Waals surface area contributed by atoms with Gasteiger partial charge in [-0.25, -0.2) is 0 Å². The van der Waals surface area contributed by atoms with Gasteiger partial charge in [0.2, 0.25) is 0 Å². The van der Waals surface area contributed by atoms with E-state index in [0.717, 1.165) is 44.3 Å². The van der Waals surface area contributed by atoms with Crippen LogP contribution in [0.3, 0.4) is 0 Å². The summed E-state index contributed by atoms with van der Waals surface area (Å²) >= 11 is 0. The van der Waals surface area contributed by atoms with Gasteiger partial charge in [-0.05, 0) is 26.3 Å². The first-order valence-corrected chi connectivity index (χ1v) is 8.37. The van der Waals surface area contributed by atoms with Crippen molar-refractivity contribution in [3.8, 4) is 0 Å². The SMILES string of the molecule is CN=C(NCCCN1CC(C)OC(C)C1)NCc1ccnn1C.I. The Labute approximate surface area is 162 Å². The molecule has 2 unspecified atom stereocenters. The van der Waals surface area contributed by atoms with Crippen molar-refractivity contribution < 1.29 is 4.74 Å². The Morgan fingerprint density at radius 1 is 1.33 bits per heavy atom. The zero-order valence-electron chi connectivity index (χ0n) is 15.2. The molecule has 1 aliphatic heterocycles. The Bertz CT molecular complexity index is 497. The first kappa shape index (κ1) is 21.2. The van der Waals surface area contributed by atoms with Crippen LogP contribution in [0.4, 0.5) is 0 Å². The number of halogens is 1. The molecule has 0 aromatic carbocycles. The lowest BCUT2D eigenvalue weighted by Crippen LogP contribution is -2.46. The summed E-state index contributed by atoms with van der Waals surface area (Å²) in [6.45, 7) is 9.05. The van der Waals surface area contributed by atoms with E-state index in [9.17, 15) is 0 Å². The van der Waals surface area contributed by atoms with Gasteiger partial charge in [0.15, 0.2) is 5.96 Å². The van der Waals surface area contributed by atoms with Gasteiger partial charge in [-0.3, -0.25) is 14.6 Å². The van der Waals surface area contributed by atoms with Gasteiger partial charge in [-0.15, -0.1) is 24.0 Å². The van der Waals surface area contributed by atoms with Crippen molar-refractivity contribution in [1.82, 2.24) is 25.3 Å². The fourth-order valence-electron chi connectivity index (χ4n) is 2.95. The van der Waals surface area contributed by atoms with Gasteiger partial charge in [-0.1, -0.05) is 0 Å². The molecule has 0 radical (unpaired) electrons. The van der Waals surface area contributed by atoms with E-state index in [1.54, 1.807) is 13.2 Å². The number of hydrogen-bond acceptors (Lipinski definition) is 4. The molecule has 2 heterocycles. The van der Waals surface area contributed by atoms with Gasteiger partial charge in [0.05, 0.1) is 24.4 Å². The van der Waals surface area contributed by atoms with E-state index < -0.39 is 0 Å². The summed E-state index contributed by atoms with van der Waals surface area (Å²) in [6.07, 6.45) is 3.56. The van der Waals surface area contributed by atoms with Crippen LogP contribution < -0.4 is 10.6 Å². The summed E-state index contributed by atoms with van der Waals surface area (Å²) in [7, 11) is 3.74. The highest BCUT2D eigenvalue weighted by atomic mass is 127. The molecule has 0 spiro atoms. The number of rotatable bonds is 6. The number of nitrogens with one attached hydrogen (secondary N) is 2. The molecule has 0 saturated carbocycles. The molecular formula is C16H31IN6O. The Balaban J connectivity index is 0.00000288. The minimum atomic E-state index is 0. The van der Waals surface area contributed by atoms with Crippen LogP contribution in [0.15, 0.2) is 17.3 Å². The van der Waals surface area contributed by atoms with Gasteiger partial charge in [0.1, 0.15) is 0 Å². The van der Waals surface area contributed by atoms with E-state index in [4.69, 9.17) is 4.74 Å². The van der Waals surface area contributed by atoms with Crippen LogP contribution in [-0.4, -0.2) is 66.1 Å². The van der Waals surface area contributed by atoms with Crippen LogP contribution in [0.1, 0.15) is 26.0 Å². The molecule has 1 aliphatic rings. The number of morpholine rings is 1. The molecule has 1 fully saturated rings. The Hall–Kier alpha value is -0.870. The summed E-state index contributed by atoms with van der Waals surface area (Å²) in [6, 6.07) is 2.00. The number of nitrogens with zero attached hydrogens (tertiary/aromatic N) is 4. The Kier molecular flexibility index (Phi) is 9.60. The fraction of sp³-hybridized carbons (Fsp3) is 0.750. The van der Waals surface area contributed by atoms with Gasteiger partial charge in [0.25, 0.3) is 0 Å². The van der Waals surface area contributed by atoms with E-state index in [-0.39, 0.29) is 24.0 Å². The molecule has 0 aliphatic carbocycles. The van der Waals surface area contributed by atoms with Gasteiger partial charge < -0.3 is 15.4 Å². The maximum absolute atomic E-state index is 5.76. The number of aryl methyl sites for hydroxylation is 1. The van der Waals surface area contributed by atoms with E-state index >= 15 is 0 Å². The molecule has 1 aromatic heterocycles. The average Bonchev–Trinajstić information content (AvgIpc) is 2.91. The lowest BCUT2D eigenvalue weighted by atomic mass is 10.2. The van der Waals surface area contributed by atoms with Crippen molar-refractivity contribution in [3.05, 3.63) is 18.0 Å². The van der Waals surface area contributed by atoms with Crippen molar-refractivity contribution in [3.63, 3.8) is 0 Å². The minimum Gasteiger partial charge on any atom is -0.373 e. The van der Waals surface area contributed by atoms with Crippen molar-refractivity contribution >= 4 is 29.9 Å². The van der Waals surface area contributed by atoms with E-state index in [0.29, 0.717) is 18.8 Å². The molecule has 0 bridgehead atoms. The summed E-state index contributed by atoms with van der Waals surface area (Å²) in [4.78, 5) is 6.74. The van der Waals surface area contributed by atoms with Crippen LogP contribution >= 0.6 is 24.0 Å². The molecule has 24 heavy (non-hydrogen) atoms. The van der Waals surface area contributed by atoms with Crippen molar-refractivity contribution in [2.75, 3.05) is 33.2 Å². The van der Waals surface area contributed by atoms with E-state index in [1.165, 1.54) is 0 Å². The zero-order valence-corrected chi connectivity index (χ0v) is 17.5. The minimum absolute atomic E-state index is 0. The molecule has 1 saturated heterocycles. The topological polar surface area (TPSA) is 66.7 Å². The standard InChI is InChI=1S/C16H30N6O.HI/c1-13-11-22(12-14(2)23-13)9-5-7-18-16(17-3)19-10-15-6-8-20-21(15)4;/h6,8,13-14H,5,7,9-12H2,1-4H3,(H2,17,18,19);1H. The highest BCUT2D eigenvalue weighted by Gasteiger charge is 2.21. The Morgan fingerprint density at radius 3 is 2.62 bits per heavy atom. The summed E-state index contributed by atoms with van der Waals surface area (Å²) in [5.41, 5.74) is 1.13. The lowest BCUT2D eigenvalue weighted by Gasteiger charge is -2.35. The quantitative estimate of drug-likeness (QED) is 0.295. The van der Waals surface area contributed by atoms with Crippen LogP contribution in [0, 0.1) is 0 Å².